The first-order valence-electron chi connectivity index (χ1n) is 7.37. The predicted molar refractivity (Wildman–Crippen MR) is 89.7 cm³/mol. The van der Waals surface area contributed by atoms with E-state index < -0.39 is 0 Å². The van der Waals surface area contributed by atoms with Crippen molar-refractivity contribution in [2.45, 2.75) is 54.4 Å². The van der Waals surface area contributed by atoms with Gasteiger partial charge in [-0.1, -0.05) is 24.3 Å². The van der Waals surface area contributed by atoms with Gasteiger partial charge >= 0.3 is 0 Å². The highest BCUT2D eigenvalue weighted by atomic mass is 14.3. The van der Waals surface area contributed by atoms with Crippen LogP contribution in [0.5, 0.6) is 0 Å². The second kappa shape index (κ2) is 5.09. The standard InChI is InChI=1S/C20H26/c1-11-9-13(3)19(17(7)15(11)5)20-14(4)10-12(2)16(6)18(20)8/h3-4,9-10H2,1-2,5-8H3. The average Bonchev–Trinajstić information content (AvgIpc) is 2.37. The minimum absolute atomic E-state index is 0.990. The molecule has 0 amide bonds. The summed E-state index contributed by atoms with van der Waals surface area (Å²) in [5.74, 6) is 0. The third-order valence-corrected chi connectivity index (χ3v) is 5.07. The van der Waals surface area contributed by atoms with Gasteiger partial charge in [0.25, 0.3) is 0 Å². The van der Waals surface area contributed by atoms with E-state index in [9.17, 15) is 0 Å². The SMILES string of the molecule is C=C1CC(C)=C(C)C(C)=C1C1=C(C)C(C)=C(C)CC1=C. The Bertz CT molecular complexity index is 582. The lowest BCUT2D eigenvalue weighted by atomic mass is 9.74. The van der Waals surface area contributed by atoms with Gasteiger partial charge in [-0.15, -0.1) is 0 Å². The molecule has 106 valence electrons. The fraction of sp³-hybridized carbons (Fsp3) is 0.400. The van der Waals surface area contributed by atoms with Crippen molar-refractivity contribution in [1.82, 2.24) is 0 Å². The minimum Gasteiger partial charge on any atom is -0.0949 e. The van der Waals surface area contributed by atoms with Crippen molar-refractivity contribution in [3.05, 3.63) is 68.9 Å². The van der Waals surface area contributed by atoms with Gasteiger partial charge in [-0.2, -0.15) is 0 Å². The molecule has 0 aromatic carbocycles. The normalized spacial score (nSPS) is 21.5. The van der Waals surface area contributed by atoms with E-state index in [1.54, 1.807) is 0 Å². The maximum atomic E-state index is 4.34. The van der Waals surface area contributed by atoms with Crippen LogP contribution >= 0.6 is 0 Å². The van der Waals surface area contributed by atoms with Crippen molar-refractivity contribution in [2.24, 2.45) is 0 Å². The molecule has 0 aromatic rings. The largest absolute Gasteiger partial charge is 0.0949 e. The molecule has 0 N–H and O–H groups in total. The van der Waals surface area contributed by atoms with Gasteiger partial charge in [-0.05, 0) is 99.0 Å². The molecule has 0 atom stereocenters. The first-order chi connectivity index (χ1) is 9.25. The van der Waals surface area contributed by atoms with Crippen LogP contribution in [-0.2, 0) is 0 Å². The van der Waals surface area contributed by atoms with E-state index in [1.165, 1.54) is 55.7 Å². The molecule has 0 radical (unpaired) electrons. The summed E-state index contributed by atoms with van der Waals surface area (Å²) in [6, 6.07) is 0. The summed E-state index contributed by atoms with van der Waals surface area (Å²) in [4.78, 5) is 0. The molecule has 0 fully saturated rings. The van der Waals surface area contributed by atoms with Crippen LogP contribution in [0.1, 0.15) is 54.4 Å². The Morgan fingerprint density at radius 1 is 0.550 bits per heavy atom. The van der Waals surface area contributed by atoms with Crippen LogP contribution in [0.3, 0.4) is 0 Å². The first-order valence-corrected chi connectivity index (χ1v) is 7.37. The van der Waals surface area contributed by atoms with Gasteiger partial charge < -0.3 is 0 Å². The number of hydrogen-bond acceptors (Lipinski definition) is 0. The van der Waals surface area contributed by atoms with E-state index >= 15 is 0 Å². The van der Waals surface area contributed by atoms with Crippen molar-refractivity contribution in [2.75, 3.05) is 0 Å². The third-order valence-electron chi connectivity index (χ3n) is 5.07. The van der Waals surface area contributed by atoms with Crippen LogP contribution in [0.25, 0.3) is 0 Å². The zero-order chi connectivity index (χ0) is 15.2. The summed E-state index contributed by atoms with van der Waals surface area (Å²) < 4.78 is 0. The lowest BCUT2D eigenvalue weighted by molar-refractivity contribution is 0.978. The van der Waals surface area contributed by atoms with Crippen LogP contribution in [0, 0.1) is 0 Å². The van der Waals surface area contributed by atoms with Crippen molar-refractivity contribution < 1.29 is 0 Å². The van der Waals surface area contributed by atoms with E-state index in [0.717, 1.165) is 12.8 Å². The van der Waals surface area contributed by atoms with E-state index in [4.69, 9.17) is 0 Å². The molecule has 0 nitrogen and oxygen atoms in total. The van der Waals surface area contributed by atoms with E-state index in [2.05, 4.69) is 54.7 Å². The molecule has 0 spiro atoms. The number of hydrogen-bond donors (Lipinski definition) is 0. The van der Waals surface area contributed by atoms with Gasteiger partial charge in [0, 0.05) is 0 Å². The number of allylic oxidation sites excluding steroid dienone is 10. The Labute approximate surface area is 124 Å². The molecule has 0 heterocycles. The molecule has 0 saturated carbocycles. The highest BCUT2D eigenvalue weighted by Crippen LogP contribution is 2.44. The van der Waals surface area contributed by atoms with Gasteiger partial charge in [0.05, 0.1) is 0 Å². The maximum absolute atomic E-state index is 4.34. The Hall–Kier alpha value is -1.56. The van der Waals surface area contributed by atoms with Gasteiger partial charge in [0.2, 0.25) is 0 Å². The van der Waals surface area contributed by atoms with Crippen molar-refractivity contribution in [1.29, 1.82) is 0 Å². The van der Waals surface area contributed by atoms with Crippen LogP contribution in [0.15, 0.2) is 68.9 Å². The summed E-state index contributed by atoms with van der Waals surface area (Å²) >= 11 is 0. The van der Waals surface area contributed by atoms with Gasteiger partial charge in [0.15, 0.2) is 0 Å². The topological polar surface area (TPSA) is 0 Å². The fourth-order valence-corrected chi connectivity index (χ4v) is 3.36. The third kappa shape index (κ3) is 2.18. The molecule has 2 rings (SSSR count). The summed E-state index contributed by atoms with van der Waals surface area (Å²) in [7, 11) is 0. The molecule has 0 heteroatoms. The lowest BCUT2D eigenvalue weighted by Crippen LogP contribution is -2.12. The second-order valence-electron chi connectivity index (χ2n) is 6.37. The van der Waals surface area contributed by atoms with Crippen molar-refractivity contribution >= 4 is 0 Å². The minimum atomic E-state index is 0.990. The molecule has 2 aliphatic carbocycles. The van der Waals surface area contributed by atoms with Crippen LogP contribution in [0.2, 0.25) is 0 Å². The first kappa shape index (κ1) is 14.8. The molecule has 0 bridgehead atoms. The number of rotatable bonds is 1. The molecular formula is C20H26. The Balaban J connectivity index is 2.72. The molecule has 0 unspecified atom stereocenters. The zero-order valence-corrected chi connectivity index (χ0v) is 13.8. The highest BCUT2D eigenvalue weighted by molar-refractivity contribution is 5.68. The average molecular weight is 266 g/mol. The quantitative estimate of drug-likeness (QED) is 0.529. The fourth-order valence-electron chi connectivity index (χ4n) is 3.36. The van der Waals surface area contributed by atoms with Gasteiger partial charge in [-0.3, -0.25) is 0 Å². The zero-order valence-electron chi connectivity index (χ0n) is 13.8. The van der Waals surface area contributed by atoms with Crippen LogP contribution in [0.4, 0.5) is 0 Å². The Morgan fingerprint density at radius 2 is 0.850 bits per heavy atom. The molecule has 2 aliphatic rings. The smallest absolute Gasteiger partial charge is 0.00637 e. The van der Waals surface area contributed by atoms with Gasteiger partial charge in [0.1, 0.15) is 0 Å². The van der Waals surface area contributed by atoms with Crippen molar-refractivity contribution in [3.8, 4) is 0 Å². The maximum Gasteiger partial charge on any atom is -0.00637 e. The van der Waals surface area contributed by atoms with E-state index in [0.29, 0.717) is 0 Å². The van der Waals surface area contributed by atoms with Crippen LogP contribution < -0.4 is 0 Å². The molecule has 0 aromatic heterocycles. The van der Waals surface area contributed by atoms with Crippen molar-refractivity contribution in [3.63, 3.8) is 0 Å². The summed E-state index contributed by atoms with van der Waals surface area (Å²) in [5, 5.41) is 0. The monoisotopic (exact) mass is 266 g/mol. The molecule has 20 heavy (non-hydrogen) atoms. The van der Waals surface area contributed by atoms with E-state index in [1.807, 2.05) is 0 Å². The molecule has 0 saturated heterocycles. The van der Waals surface area contributed by atoms with Crippen LogP contribution in [-0.4, -0.2) is 0 Å². The summed E-state index contributed by atoms with van der Waals surface area (Å²) in [6.45, 7) is 22.0. The Kier molecular flexibility index (Phi) is 3.77. The molecule has 0 aliphatic heterocycles. The summed E-state index contributed by atoms with van der Waals surface area (Å²) in [5.41, 5.74) is 13.7. The van der Waals surface area contributed by atoms with E-state index in [-0.39, 0.29) is 0 Å². The summed E-state index contributed by atoms with van der Waals surface area (Å²) in [6.07, 6.45) is 1.98. The highest BCUT2D eigenvalue weighted by Gasteiger charge is 2.25. The lowest BCUT2D eigenvalue weighted by Gasteiger charge is -2.30. The molecular weight excluding hydrogens is 240 g/mol. The Morgan fingerprint density at radius 3 is 1.15 bits per heavy atom. The predicted octanol–water partition coefficient (Wildman–Crippen LogP) is 6.21. The van der Waals surface area contributed by atoms with Gasteiger partial charge in [-0.25, -0.2) is 0 Å². The second-order valence-corrected chi connectivity index (χ2v) is 6.37.